The van der Waals surface area contributed by atoms with Crippen LogP contribution in [0.3, 0.4) is 0 Å². The molecule has 6 aromatic rings. The average Bonchev–Trinajstić information content (AvgIpc) is 4.00. The van der Waals surface area contributed by atoms with Crippen molar-refractivity contribution < 1.29 is 19.4 Å². The van der Waals surface area contributed by atoms with Gasteiger partial charge in [0, 0.05) is 56.0 Å². The van der Waals surface area contributed by atoms with Gasteiger partial charge < -0.3 is 29.9 Å². The number of carbonyl (C=O) groups is 2. The van der Waals surface area contributed by atoms with Crippen molar-refractivity contribution in [3.05, 3.63) is 169 Å². The Labute approximate surface area is 357 Å². The number of rotatable bonds is 11. The molecule has 2 N–H and O–H groups in total. The number of likely N-dealkylation sites (N-methyl/N-ethyl adjacent to an activating group) is 2. The lowest BCUT2D eigenvalue weighted by Gasteiger charge is -2.25. The normalized spacial score (nSPS) is 12.6. The third-order valence-corrected chi connectivity index (χ3v) is 10.1. The first kappa shape index (κ1) is 48.3. The summed E-state index contributed by atoms with van der Waals surface area (Å²) in [4.78, 5) is 37.3. The van der Waals surface area contributed by atoms with Gasteiger partial charge in [-0.05, 0) is 122 Å². The molecule has 2 aromatic heterocycles. The molecule has 6 rings (SSSR count). The van der Waals surface area contributed by atoms with Crippen LogP contribution in [-0.4, -0.2) is 105 Å². The Morgan fingerprint density at radius 2 is 1.15 bits per heavy atom. The molecule has 4 atom stereocenters. The molecule has 2 heterocycles. The molecule has 0 fully saturated rings. The topological polar surface area (TPSA) is 121 Å². The third kappa shape index (κ3) is 16.6. The standard InChI is InChI=1S/C21H28N2O2.C10H15NO.C10H15N.C7H6N4O/c1-16(14-18-10-7-6-8-11-18)23(5)21(24)25-20-13-9-12-19(15-20)17(2)22(3)4;1-8(11(2)3)9-5-4-6-10(12)7-9;1-9(11-2)8-10-6-4-3-5-7-10;12-7(10-3-1-8-5-10)11-4-2-9-6-11/h6-13,15-17H,14H2,1-5H3;4-8,12H,1-3H3;3-7,9,11H,8H2,1-2H3;1-6H/t16-,17-;8-;9-;/m111./s1. The molecule has 12 nitrogen and oxygen atoms in total. The molecule has 0 spiro atoms. The maximum Gasteiger partial charge on any atom is 0.415 e. The van der Waals surface area contributed by atoms with Crippen molar-refractivity contribution in [2.75, 3.05) is 42.3 Å². The number of nitrogens with one attached hydrogen (secondary N) is 1. The van der Waals surface area contributed by atoms with E-state index in [1.165, 1.54) is 32.9 Å². The van der Waals surface area contributed by atoms with Crippen LogP contribution >= 0.6 is 0 Å². The first-order valence-electron chi connectivity index (χ1n) is 20.1. The van der Waals surface area contributed by atoms with Gasteiger partial charge in [0.2, 0.25) is 0 Å². The maximum absolute atomic E-state index is 12.5. The van der Waals surface area contributed by atoms with Crippen LogP contribution in [-0.2, 0) is 12.8 Å². The van der Waals surface area contributed by atoms with Gasteiger partial charge in [0.1, 0.15) is 24.2 Å². The van der Waals surface area contributed by atoms with E-state index < -0.39 is 0 Å². The number of hydrogen-bond acceptors (Lipinski definition) is 9. The number of amides is 1. The van der Waals surface area contributed by atoms with Gasteiger partial charge in [0.15, 0.2) is 0 Å². The van der Waals surface area contributed by atoms with Crippen molar-refractivity contribution >= 4 is 12.1 Å². The molecule has 0 aliphatic heterocycles. The van der Waals surface area contributed by atoms with Gasteiger partial charge in [-0.1, -0.05) is 84.9 Å². The zero-order chi connectivity index (χ0) is 44.0. The first-order valence-corrected chi connectivity index (χ1v) is 20.1. The molecule has 60 heavy (non-hydrogen) atoms. The number of hydrogen-bond donors (Lipinski definition) is 2. The Hall–Kier alpha value is -6.08. The number of nitrogens with zero attached hydrogens (tertiary/aromatic N) is 7. The molecular formula is C48H64N8O4. The van der Waals surface area contributed by atoms with Crippen LogP contribution in [0.4, 0.5) is 9.59 Å². The number of carbonyl (C=O) groups excluding carboxylic acids is 2. The van der Waals surface area contributed by atoms with Crippen LogP contribution in [0.2, 0.25) is 0 Å². The molecule has 0 aliphatic rings. The minimum atomic E-state index is -0.335. The average molecular weight is 817 g/mol. The van der Waals surface area contributed by atoms with E-state index in [0.29, 0.717) is 23.6 Å². The Morgan fingerprint density at radius 1 is 0.667 bits per heavy atom. The van der Waals surface area contributed by atoms with Crippen molar-refractivity contribution in [2.45, 2.75) is 64.7 Å². The largest absolute Gasteiger partial charge is 0.508 e. The molecule has 12 heteroatoms. The molecule has 320 valence electrons. The fourth-order valence-electron chi connectivity index (χ4n) is 5.61. The van der Waals surface area contributed by atoms with E-state index in [9.17, 15) is 14.7 Å². The summed E-state index contributed by atoms with van der Waals surface area (Å²) in [6.07, 6.45) is 10.7. The quantitative estimate of drug-likeness (QED) is 0.132. The van der Waals surface area contributed by atoms with Crippen LogP contribution < -0.4 is 10.1 Å². The SMILES string of the molecule is CN[C@H](C)Cc1ccccc1.C[C@H](c1cccc(O)c1)N(C)C.C[C@H](c1cccc(OC(=O)N(C)[C@H](C)Cc2ccccc2)c1)N(C)C.O=C(n1ccnc1)n1ccnc1. The second kappa shape index (κ2) is 25.4. The van der Waals surface area contributed by atoms with Gasteiger partial charge in [-0.3, -0.25) is 9.13 Å². The zero-order valence-corrected chi connectivity index (χ0v) is 36.9. The highest BCUT2D eigenvalue weighted by atomic mass is 16.6. The Balaban J connectivity index is 0.000000231. The molecule has 0 bridgehead atoms. The number of ether oxygens (including phenoxy) is 1. The van der Waals surface area contributed by atoms with Gasteiger partial charge in [-0.25, -0.2) is 19.6 Å². The monoisotopic (exact) mass is 817 g/mol. The molecule has 4 aromatic carbocycles. The summed E-state index contributed by atoms with van der Waals surface area (Å²) in [5, 5.41) is 12.4. The summed E-state index contributed by atoms with van der Waals surface area (Å²) in [6, 6.07) is 36.8. The Kier molecular flexibility index (Phi) is 20.5. The second-order valence-corrected chi connectivity index (χ2v) is 15.1. The highest BCUT2D eigenvalue weighted by molar-refractivity contribution is 5.78. The minimum absolute atomic E-state index is 0.0544. The first-order chi connectivity index (χ1) is 28.7. The van der Waals surface area contributed by atoms with E-state index in [1.54, 1.807) is 48.9 Å². The lowest BCUT2D eigenvalue weighted by atomic mass is 10.1. The van der Waals surface area contributed by atoms with Crippen molar-refractivity contribution in [2.24, 2.45) is 0 Å². The summed E-state index contributed by atoms with van der Waals surface area (Å²) < 4.78 is 8.33. The van der Waals surface area contributed by atoms with Crippen LogP contribution in [0, 0.1) is 0 Å². The number of phenolic OH excluding ortho intramolecular Hbond substituents is 1. The fourth-order valence-corrected chi connectivity index (χ4v) is 5.61. The molecule has 0 unspecified atom stereocenters. The summed E-state index contributed by atoms with van der Waals surface area (Å²) in [6.45, 7) is 8.44. The lowest BCUT2D eigenvalue weighted by molar-refractivity contribution is 0.148. The predicted octanol–water partition coefficient (Wildman–Crippen LogP) is 8.82. The van der Waals surface area contributed by atoms with E-state index in [2.05, 4.69) is 82.3 Å². The molecule has 1 amide bonds. The summed E-state index contributed by atoms with van der Waals surface area (Å²) in [5.41, 5.74) is 4.86. The molecule has 0 saturated carbocycles. The van der Waals surface area contributed by atoms with Crippen molar-refractivity contribution in [1.82, 2.24) is 39.1 Å². The molecule has 0 saturated heterocycles. The van der Waals surface area contributed by atoms with Crippen LogP contribution in [0.15, 0.2) is 147 Å². The smallest absolute Gasteiger partial charge is 0.415 e. The van der Waals surface area contributed by atoms with Crippen molar-refractivity contribution in [3.63, 3.8) is 0 Å². The molecule has 0 radical (unpaired) electrons. The van der Waals surface area contributed by atoms with Gasteiger partial charge in [0.25, 0.3) is 0 Å². The fraction of sp³-hybridized carbons (Fsp3) is 0.333. The van der Waals surface area contributed by atoms with E-state index in [1.807, 2.05) is 103 Å². The lowest BCUT2D eigenvalue weighted by Crippen LogP contribution is -2.38. The van der Waals surface area contributed by atoms with Crippen molar-refractivity contribution in [1.29, 1.82) is 0 Å². The summed E-state index contributed by atoms with van der Waals surface area (Å²) >= 11 is 0. The van der Waals surface area contributed by atoms with Crippen LogP contribution in [0.1, 0.15) is 62.0 Å². The van der Waals surface area contributed by atoms with Gasteiger partial charge in [-0.2, -0.15) is 0 Å². The number of aromatic hydroxyl groups is 1. The second-order valence-electron chi connectivity index (χ2n) is 15.1. The number of benzene rings is 4. The Bertz CT molecular complexity index is 2040. The minimum Gasteiger partial charge on any atom is -0.508 e. The van der Waals surface area contributed by atoms with E-state index in [0.717, 1.165) is 24.0 Å². The van der Waals surface area contributed by atoms with Gasteiger partial charge >= 0.3 is 12.1 Å². The Morgan fingerprint density at radius 3 is 1.60 bits per heavy atom. The highest BCUT2D eigenvalue weighted by Gasteiger charge is 2.19. The van der Waals surface area contributed by atoms with E-state index in [4.69, 9.17) is 4.74 Å². The van der Waals surface area contributed by atoms with Gasteiger partial charge in [0.05, 0.1) is 0 Å². The zero-order valence-electron chi connectivity index (χ0n) is 36.9. The molecular weight excluding hydrogens is 753 g/mol. The summed E-state index contributed by atoms with van der Waals surface area (Å²) in [5.74, 6) is 0.913. The molecule has 0 aliphatic carbocycles. The highest BCUT2D eigenvalue weighted by Crippen LogP contribution is 2.23. The third-order valence-electron chi connectivity index (χ3n) is 10.1. The van der Waals surface area contributed by atoms with E-state index >= 15 is 0 Å². The van der Waals surface area contributed by atoms with Crippen LogP contribution in [0.5, 0.6) is 11.5 Å². The van der Waals surface area contributed by atoms with Gasteiger partial charge in [-0.15, -0.1) is 0 Å². The number of imidazole rings is 2. The summed E-state index contributed by atoms with van der Waals surface area (Å²) in [7, 11) is 11.9. The van der Waals surface area contributed by atoms with Crippen LogP contribution in [0.25, 0.3) is 0 Å². The van der Waals surface area contributed by atoms with E-state index in [-0.39, 0.29) is 24.2 Å². The predicted molar refractivity (Wildman–Crippen MR) is 241 cm³/mol. The number of phenols is 1. The number of aromatic nitrogens is 4. The maximum atomic E-state index is 12.5. The van der Waals surface area contributed by atoms with Crippen molar-refractivity contribution in [3.8, 4) is 11.5 Å².